The molecule has 1 heterocycles. The minimum atomic E-state index is -0.226. The summed E-state index contributed by atoms with van der Waals surface area (Å²) in [5.41, 5.74) is 6.02. The fourth-order valence-electron chi connectivity index (χ4n) is 3.30. The van der Waals surface area contributed by atoms with E-state index >= 15 is 0 Å². The lowest BCUT2D eigenvalue weighted by Crippen LogP contribution is -2.37. The molecular weight excluding hydrogens is 314 g/mol. The smallest absolute Gasteiger partial charge is 0.323 e. The van der Waals surface area contributed by atoms with Crippen molar-refractivity contribution in [3.05, 3.63) is 53.1 Å². The second-order valence-electron chi connectivity index (χ2n) is 6.47. The van der Waals surface area contributed by atoms with Gasteiger partial charge in [-0.15, -0.1) is 0 Å². The first kappa shape index (κ1) is 17.3. The van der Waals surface area contributed by atoms with Crippen LogP contribution in [0.4, 0.5) is 21.9 Å². The van der Waals surface area contributed by atoms with E-state index in [2.05, 4.69) is 34.6 Å². The molecule has 0 spiro atoms. The van der Waals surface area contributed by atoms with Crippen molar-refractivity contribution in [2.24, 2.45) is 0 Å². The molecule has 2 aromatic rings. The number of urea groups is 1. The van der Waals surface area contributed by atoms with Crippen LogP contribution in [0.25, 0.3) is 0 Å². The van der Waals surface area contributed by atoms with Crippen LogP contribution >= 0.6 is 0 Å². The number of ether oxygens (including phenoxy) is 1. The number of hydrogen-bond donors (Lipinski definition) is 2. The highest BCUT2D eigenvalue weighted by Crippen LogP contribution is 2.27. The standard InChI is InChI=1S/C20H25N3O2/c1-14-12-15(2)19(16(3)13-14)22-20(24)21-17-6-4-5-7-18(17)23-8-10-25-11-9-23/h4-7,12-13H,8-11H2,1-3H3,(H2,21,22,24). The average Bonchev–Trinajstić information content (AvgIpc) is 2.59. The summed E-state index contributed by atoms with van der Waals surface area (Å²) in [7, 11) is 0. The van der Waals surface area contributed by atoms with Crippen LogP contribution in [0.15, 0.2) is 36.4 Å². The van der Waals surface area contributed by atoms with Gasteiger partial charge in [-0.05, 0) is 44.0 Å². The Morgan fingerprint density at radius 2 is 1.64 bits per heavy atom. The minimum Gasteiger partial charge on any atom is -0.378 e. The molecule has 132 valence electrons. The summed E-state index contributed by atoms with van der Waals surface area (Å²) >= 11 is 0. The zero-order valence-electron chi connectivity index (χ0n) is 15.1. The van der Waals surface area contributed by atoms with Crippen molar-refractivity contribution in [2.75, 3.05) is 41.8 Å². The van der Waals surface area contributed by atoms with Gasteiger partial charge in [0.05, 0.1) is 24.6 Å². The van der Waals surface area contributed by atoms with Crippen molar-refractivity contribution in [3.8, 4) is 0 Å². The highest BCUT2D eigenvalue weighted by molar-refractivity contribution is 6.02. The van der Waals surface area contributed by atoms with Gasteiger partial charge in [-0.25, -0.2) is 4.79 Å². The van der Waals surface area contributed by atoms with E-state index in [1.165, 1.54) is 5.56 Å². The zero-order chi connectivity index (χ0) is 17.8. The van der Waals surface area contributed by atoms with Crippen LogP contribution in [0.1, 0.15) is 16.7 Å². The number of nitrogens with zero attached hydrogens (tertiary/aromatic N) is 1. The van der Waals surface area contributed by atoms with E-state index in [1.54, 1.807) is 0 Å². The van der Waals surface area contributed by atoms with Crippen LogP contribution in [0.3, 0.4) is 0 Å². The fourth-order valence-corrected chi connectivity index (χ4v) is 3.30. The van der Waals surface area contributed by atoms with Crippen molar-refractivity contribution in [2.45, 2.75) is 20.8 Å². The topological polar surface area (TPSA) is 53.6 Å². The first-order valence-corrected chi connectivity index (χ1v) is 8.62. The summed E-state index contributed by atoms with van der Waals surface area (Å²) in [6, 6.07) is 11.8. The van der Waals surface area contributed by atoms with Crippen molar-refractivity contribution in [3.63, 3.8) is 0 Å². The molecule has 0 saturated carbocycles. The van der Waals surface area contributed by atoms with E-state index in [-0.39, 0.29) is 6.03 Å². The molecule has 3 rings (SSSR count). The number of amides is 2. The Labute approximate surface area is 149 Å². The first-order valence-electron chi connectivity index (χ1n) is 8.62. The highest BCUT2D eigenvalue weighted by Gasteiger charge is 2.16. The molecule has 2 aromatic carbocycles. The third kappa shape index (κ3) is 4.12. The molecule has 0 aliphatic carbocycles. The summed E-state index contributed by atoms with van der Waals surface area (Å²) in [6.45, 7) is 9.16. The van der Waals surface area contributed by atoms with Crippen LogP contribution in [0.5, 0.6) is 0 Å². The lowest BCUT2D eigenvalue weighted by atomic mass is 10.1. The lowest BCUT2D eigenvalue weighted by molar-refractivity contribution is 0.123. The van der Waals surface area contributed by atoms with Gasteiger partial charge in [0.15, 0.2) is 0 Å². The molecule has 1 fully saturated rings. The molecule has 0 atom stereocenters. The minimum absolute atomic E-state index is 0.226. The Kier molecular flexibility index (Phi) is 5.24. The third-order valence-corrected chi connectivity index (χ3v) is 4.42. The Morgan fingerprint density at radius 1 is 1.00 bits per heavy atom. The van der Waals surface area contributed by atoms with E-state index in [1.807, 2.05) is 38.1 Å². The summed E-state index contributed by atoms with van der Waals surface area (Å²) in [6.07, 6.45) is 0. The number of para-hydroxylation sites is 2. The Morgan fingerprint density at radius 3 is 2.32 bits per heavy atom. The van der Waals surface area contributed by atoms with E-state index in [0.717, 1.165) is 41.3 Å². The molecule has 0 bridgehead atoms. The van der Waals surface area contributed by atoms with E-state index < -0.39 is 0 Å². The number of morpholine rings is 1. The van der Waals surface area contributed by atoms with Gasteiger partial charge >= 0.3 is 6.03 Å². The monoisotopic (exact) mass is 339 g/mol. The molecule has 0 radical (unpaired) electrons. The molecule has 0 aromatic heterocycles. The molecule has 1 aliphatic rings. The number of aryl methyl sites for hydroxylation is 3. The Balaban J connectivity index is 1.76. The van der Waals surface area contributed by atoms with E-state index in [9.17, 15) is 4.79 Å². The summed E-state index contributed by atoms with van der Waals surface area (Å²) in [5.74, 6) is 0. The SMILES string of the molecule is Cc1cc(C)c(NC(=O)Nc2ccccc2N2CCOCC2)c(C)c1. The van der Waals surface area contributed by atoms with Gasteiger partial charge in [-0.2, -0.15) is 0 Å². The maximum absolute atomic E-state index is 12.5. The van der Waals surface area contributed by atoms with Gasteiger partial charge < -0.3 is 20.3 Å². The molecule has 25 heavy (non-hydrogen) atoms. The Hall–Kier alpha value is -2.53. The molecule has 0 unspecified atom stereocenters. The molecule has 1 saturated heterocycles. The van der Waals surface area contributed by atoms with E-state index in [0.29, 0.717) is 13.2 Å². The van der Waals surface area contributed by atoms with Gasteiger partial charge in [-0.3, -0.25) is 0 Å². The second-order valence-corrected chi connectivity index (χ2v) is 6.47. The number of hydrogen-bond acceptors (Lipinski definition) is 3. The van der Waals surface area contributed by atoms with Gasteiger partial charge in [0, 0.05) is 18.8 Å². The summed E-state index contributed by atoms with van der Waals surface area (Å²) in [5, 5.41) is 5.98. The number of anilines is 3. The van der Waals surface area contributed by atoms with Crippen molar-refractivity contribution in [1.82, 2.24) is 0 Å². The predicted octanol–water partition coefficient (Wildman–Crippen LogP) is 4.09. The zero-order valence-corrected chi connectivity index (χ0v) is 15.1. The van der Waals surface area contributed by atoms with Gasteiger partial charge in [0.1, 0.15) is 0 Å². The van der Waals surface area contributed by atoms with Crippen molar-refractivity contribution >= 4 is 23.1 Å². The van der Waals surface area contributed by atoms with Gasteiger partial charge in [0.25, 0.3) is 0 Å². The molecular formula is C20H25N3O2. The normalized spacial score (nSPS) is 14.3. The number of carbonyl (C=O) groups is 1. The van der Waals surface area contributed by atoms with Crippen LogP contribution in [0.2, 0.25) is 0 Å². The first-order chi connectivity index (χ1) is 12.0. The summed E-state index contributed by atoms with van der Waals surface area (Å²) < 4.78 is 5.42. The molecule has 1 aliphatic heterocycles. The van der Waals surface area contributed by atoms with Crippen molar-refractivity contribution in [1.29, 1.82) is 0 Å². The average molecular weight is 339 g/mol. The third-order valence-electron chi connectivity index (χ3n) is 4.42. The van der Waals surface area contributed by atoms with Crippen LogP contribution in [-0.4, -0.2) is 32.3 Å². The number of benzene rings is 2. The number of nitrogens with one attached hydrogen (secondary N) is 2. The predicted molar refractivity (Wildman–Crippen MR) is 103 cm³/mol. The lowest BCUT2D eigenvalue weighted by Gasteiger charge is -2.30. The maximum Gasteiger partial charge on any atom is 0.323 e. The molecule has 2 amide bonds. The van der Waals surface area contributed by atoms with E-state index in [4.69, 9.17) is 4.74 Å². The Bertz CT molecular complexity index is 744. The second kappa shape index (κ2) is 7.57. The van der Waals surface area contributed by atoms with Crippen molar-refractivity contribution < 1.29 is 9.53 Å². The summed E-state index contributed by atoms with van der Waals surface area (Å²) in [4.78, 5) is 14.8. The van der Waals surface area contributed by atoms with Crippen LogP contribution in [-0.2, 0) is 4.74 Å². The van der Waals surface area contributed by atoms with Crippen LogP contribution < -0.4 is 15.5 Å². The maximum atomic E-state index is 12.5. The quantitative estimate of drug-likeness (QED) is 0.885. The fraction of sp³-hybridized carbons (Fsp3) is 0.350. The molecule has 2 N–H and O–H groups in total. The van der Waals surface area contributed by atoms with Gasteiger partial charge in [-0.1, -0.05) is 29.8 Å². The van der Waals surface area contributed by atoms with Gasteiger partial charge in [0.2, 0.25) is 0 Å². The number of carbonyl (C=O) groups excluding carboxylic acids is 1. The molecule has 5 nitrogen and oxygen atoms in total. The number of rotatable bonds is 3. The van der Waals surface area contributed by atoms with Crippen LogP contribution in [0, 0.1) is 20.8 Å². The largest absolute Gasteiger partial charge is 0.378 e. The highest BCUT2D eigenvalue weighted by atomic mass is 16.5. The molecule has 5 heteroatoms.